The Morgan fingerprint density at radius 1 is 0.806 bits per heavy atom. The molecular formula is C29H34F6O. The monoisotopic (exact) mass is 512 g/mol. The summed E-state index contributed by atoms with van der Waals surface area (Å²) in [4.78, 5) is 0. The Labute approximate surface area is 209 Å². The lowest BCUT2D eigenvalue weighted by atomic mass is 9.80. The Morgan fingerprint density at radius 3 is 2.03 bits per heavy atom. The molecule has 1 saturated carbocycles. The number of hydrogen-bond donors (Lipinski definition) is 0. The van der Waals surface area contributed by atoms with Crippen LogP contribution in [0.5, 0.6) is 0 Å². The lowest BCUT2D eigenvalue weighted by Crippen LogP contribution is -2.31. The average molecular weight is 513 g/mol. The van der Waals surface area contributed by atoms with Crippen LogP contribution in [-0.2, 0) is 17.3 Å². The predicted molar refractivity (Wildman–Crippen MR) is 128 cm³/mol. The molecule has 0 radical (unpaired) electrons. The molecule has 2 aromatic carbocycles. The topological polar surface area (TPSA) is 9.23 Å². The maximum atomic E-state index is 15.4. The fraction of sp³-hybridized carbons (Fsp3) is 0.586. The van der Waals surface area contributed by atoms with Crippen LogP contribution in [-0.4, -0.2) is 6.10 Å². The normalized spacial score (nSPS) is 23.9. The summed E-state index contributed by atoms with van der Waals surface area (Å²) >= 11 is 0. The van der Waals surface area contributed by atoms with Crippen LogP contribution in [0, 0.1) is 17.6 Å². The largest absolute Gasteiger partial charge is 0.386 e. The lowest BCUT2D eigenvalue weighted by Gasteiger charge is -2.32. The van der Waals surface area contributed by atoms with Crippen molar-refractivity contribution < 1.29 is 31.1 Å². The Kier molecular flexibility index (Phi) is 8.38. The van der Waals surface area contributed by atoms with Gasteiger partial charge in [0.2, 0.25) is 0 Å². The van der Waals surface area contributed by atoms with Gasteiger partial charge in [0.25, 0.3) is 0 Å². The zero-order valence-corrected chi connectivity index (χ0v) is 20.9. The first-order valence-corrected chi connectivity index (χ1v) is 13.2. The van der Waals surface area contributed by atoms with Gasteiger partial charge in [-0.1, -0.05) is 64.2 Å². The second-order valence-corrected chi connectivity index (χ2v) is 10.2. The summed E-state index contributed by atoms with van der Waals surface area (Å²) in [5, 5.41) is 0. The summed E-state index contributed by atoms with van der Waals surface area (Å²) in [6.07, 6.45) is -1.97. The highest BCUT2D eigenvalue weighted by Crippen LogP contribution is 2.52. The summed E-state index contributed by atoms with van der Waals surface area (Å²) in [7, 11) is 0. The zero-order chi connectivity index (χ0) is 26.0. The van der Waals surface area contributed by atoms with E-state index in [1.165, 1.54) is 12.1 Å². The highest BCUT2D eigenvalue weighted by molar-refractivity contribution is 5.76. The van der Waals surface area contributed by atoms with E-state index >= 15 is 22.0 Å². The van der Waals surface area contributed by atoms with E-state index < -0.39 is 52.9 Å². The van der Waals surface area contributed by atoms with Crippen molar-refractivity contribution in [2.45, 2.75) is 103 Å². The van der Waals surface area contributed by atoms with Crippen LogP contribution in [0.1, 0.15) is 106 Å². The van der Waals surface area contributed by atoms with Gasteiger partial charge in [-0.2, -0.15) is 8.78 Å². The van der Waals surface area contributed by atoms with E-state index in [9.17, 15) is 4.39 Å². The number of alkyl halides is 4. The molecule has 1 nitrogen and oxygen atoms in total. The number of halogens is 6. The minimum atomic E-state index is -4.00. The van der Waals surface area contributed by atoms with Gasteiger partial charge in [0, 0.05) is 11.1 Å². The lowest BCUT2D eigenvalue weighted by molar-refractivity contribution is -0.279. The molecule has 7 heteroatoms. The minimum Gasteiger partial charge on any atom is -0.313 e. The summed E-state index contributed by atoms with van der Waals surface area (Å²) in [5.74, 6) is -1.92. The summed E-state index contributed by atoms with van der Waals surface area (Å²) < 4.78 is 95.8. The van der Waals surface area contributed by atoms with E-state index in [1.807, 2.05) is 6.92 Å². The van der Waals surface area contributed by atoms with Crippen molar-refractivity contribution in [2.24, 2.45) is 5.92 Å². The molecule has 0 heterocycles. The van der Waals surface area contributed by atoms with Crippen LogP contribution in [0.4, 0.5) is 26.3 Å². The molecule has 4 rings (SSSR count). The number of ether oxygens (including phenoxy) is 1. The van der Waals surface area contributed by atoms with Gasteiger partial charge in [-0.05, 0) is 60.8 Å². The molecule has 0 aliphatic heterocycles. The van der Waals surface area contributed by atoms with Crippen LogP contribution < -0.4 is 0 Å². The molecule has 1 fully saturated rings. The third kappa shape index (κ3) is 5.18. The second-order valence-electron chi connectivity index (χ2n) is 10.2. The molecule has 0 aromatic heterocycles. The zero-order valence-electron chi connectivity index (χ0n) is 20.9. The molecule has 2 atom stereocenters. The van der Waals surface area contributed by atoms with Gasteiger partial charge in [0.15, 0.2) is 12.3 Å². The van der Waals surface area contributed by atoms with Gasteiger partial charge < -0.3 is 4.74 Å². The fourth-order valence-electron chi connectivity index (χ4n) is 5.71. The molecule has 36 heavy (non-hydrogen) atoms. The van der Waals surface area contributed by atoms with Crippen molar-refractivity contribution in [1.29, 1.82) is 0 Å². The molecule has 2 unspecified atom stereocenters. The Hall–Kier alpha value is -2.02. The van der Waals surface area contributed by atoms with Crippen LogP contribution in [0.25, 0.3) is 11.1 Å². The highest BCUT2D eigenvalue weighted by atomic mass is 19.3. The van der Waals surface area contributed by atoms with Gasteiger partial charge in [0.05, 0.1) is 11.7 Å². The number of unbranched alkanes of at least 4 members (excludes halogenated alkanes) is 2. The van der Waals surface area contributed by atoms with Gasteiger partial charge in [-0.15, -0.1) is 0 Å². The molecule has 0 amide bonds. The van der Waals surface area contributed by atoms with Gasteiger partial charge in [-0.25, -0.2) is 17.6 Å². The maximum absolute atomic E-state index is 15.4. The second kappa shape index (κ2) is 11.2. The number of fused-ring (bicyclic) bond motifs is 3. The van der Waals surface area contributed by atoms with Gasteiger partial charge in [-0.3, -0.25) is 0 Å². The molecule has 198 valence electrons. The molecule has 0 N–H and O–H groups in total. The third-order valence-electron chi connectivity index (χ3n) is 7.70. The summed E-state index contributed by atoms with van der Waals surface area (Å²) in [6, 6.07) is 4.83. The van der Waals surface area contributed by atoms with Crippen LogP contribution in [0.3, 0.4) is 0 Å². The fourth-order valence-corrected chi connectivity index (χ4v) is 5.71. The Balaban J connectivity index is 1.57. The van der Waals surface area contributed by atoms with E-state index in [0.29, 0.717) is 31.6 Å². The van der Waals surface area contributed by atoms with Crippen molar-refractivity contribution >= 4 is 0 Å². The van der Waals surface area contributed by atoms with E-state index in [-0.39, 0.29) is 16.7 Å². The SMILES string of the molecule is CCCCCC1CCC(OC(F)(F)c2ccc3c(c2F)C(F)C(F)c2c-3ccc(CCC)c2F)CC1. The van der Waals surface area contributed by atoms with Crippen molar-refractivity contribution in [3.05, 3.63) is 58.2 Å². The molecule has 2 aliphatic rings. The van der Waals surface area contributed by atoms with Crippen LogP contribution >= 0.6 is 0 Å². The third-order valence-corrected chi connectivity index (χ3v) is 7.70. The molecule has 0 saturated heterocycles. The van der Waals surface area contributed by atoms with Crippen molar-refractivity contribution in [1.82, 2.24) is 0 Å². The van der Waals surface area contributed by atoms with Crippen molar-refractivity contribution in [3.63, 3.8) is 0 Å². The first-order chi connectivity index (χ1) is 17.2. The van der Waals surface area contributed by atoms with Crippen molar-refractivity contribution in [2.75, 3.05) is 0 Å². The van der Waals surface area contributed by atoms with E-state index in [4.69, 9.17) is 4.74 Å². The Morgan fingerprint density at radius 2 is 1.42 bits per heavy atom. The standard InChI is InChI=1S/C29H34F6O/c1-3-5-6-8-17-9-12-19(13-10-17)36-29(34,35)22-16-15-21-20-14-11-18(7-4-2)25(30)23(20)27(32)28(33)24(21)26(22)31/h11,14-17,19,27-28H,3-10,12-13H2,1-2H3. The quantitative estimate of drug-likeness (QED) is 0.240. The molecule has 0 bridgehead atoms. The summed E-state index contributed by atoms with van der Waals surface area (Å²) in [6.45, 7) is 3.96. The molecule has 0 spiro atoms. The smallest absolute Gasteiger partial charge is 0.313 e. The number of benzene rings is 2. The number of hydrogen-bond acceptors (Lipinski definition) is 1. The molecule has 2 aliphatic carbocycles. The number of aryl methyl sites for hydroxylation is 1. The van der Waals surface area contributed by atoms with Gasteiger partial charge >= 0.3 is 6.11 Å². The molecular weight excluding hydrogens is 478 g/mol. The molecule has 2 aromatic rings. The average Bonchev–Trinajstić information content (AvgIpc) is 2.84. The summed E-state index contributed by atoms with van der Waals surface area (Å²) in [5.41, 5.74) is -2.29. The minimum absolute atomic E-state index is 0.0140. The first-order valence-electron chi connectivity index (χ1n) is 13.2. The first kappa shape index (κ1) is 27.0. The maximum Gasteiger partial charge on any atom is 0.386 e. The van der Waals surface area contributed by atoms with Gasteiger partial charge in [0.1, 0.15) is 11.6 Å². The van der Waals surface area contributed by atoms with E-state index in [0.717, 1.165) is 50.7 Å². The predicted octanol–water partition coefficient (Wildman–Crippen LogP) is 9.82. The highest BCUT2D eigenvalue weighted by Gasteiger charge is 2.45. The Bertz CT molecular complexity index is 1060. The van der Waals surface area contributed by atoms with Crippen LogP contribution in [0.15, 0.2) is 24.3 Å². The van der Waals surface area contributed by atoms with E-state index in [2.05, 4.69) is 6.92 Å². The van der Waals surface area contributed by atoms with Crippen LogP contribution in [0.2, 0.25) is 0 Å². The van der Waals surface area contributed by atoms with E-state index in [1.54, 1.807) is 0 Å². The number of rotatable bonds is 9. The van der Waals surface area contributed by atoms with Crippen molar-refractivity contribution in [3.8, 4) is 11.1 Å².